The summed E-state index contributed by atoms with van der Waals surface area (Å²) in [5, 5.41) is 22.7. The van der Waals surface area contributed by atoms with E-state index in [-0.39, 0.29) is 12.5 Å². The van der Waals surface area contributed by atoms with Crippen LogP contribution in [0.25, 0.3) is 0 Å². The highest BCUT2D eigenvalue weighted by molar-refractivity contribution is 5.76. The summed E-state index contributed by atoms with van der Waals surface area (Å²) in [5.41, 5.74) is 0. The number of hydrogen-bond acceptors (Lipinski definition) is 3. The molecular weight excluding hydrogens is 566 g/mol. The zero-order valence-corrected chi connectivity index (χ0v) is 30.1. The molecule has 4 nitrogen and oxygen atoms in total. The maximum Gasteiger partial charge on any atom is 0.220 e. The van der Waals surface area contributed by atoms with Crippen LogP contribution in [0.2, 0.25) is 0 Å². The number of aliphatic hydroxyl groups excluding tert-OH is 2. The number of rotatable bonds is 33. The Labute approximate surface area is 285 Å². The first-order valence-corrected chi connectivity index (χ1v) is 19.1. The molecule has 0 saturated carbocycles. The van der Waals surface area contributed by atoms with E-state index in [4.69, 9.17) is 0 Å². The van der Waals surface area contributed by atoms with Crippen LogP contribution in [0, 0.1) is 0 Å². The molecule has 0 saturated heterocycles. The minimum atomic E-state index is -0.660. The Bertz CT molecular complexity index is 823. The Kier molecular flexibility index (Phi) is 35.5. The van der Waals surface area contributed by atoms with Crippen molar-refractivity contribution >= 4 is 5.91 Å². The van der Waals surface area contributed by atoms with Gasteiger partial charge in [-0.15, -0.1) is 0 Å². The minimum Gasteiger partial charge on any atom is -0.394 e. The molecule has 4 heteroatoms. The van der Waals surface area contributed by atoms with Gasteiger partial charge in [-0.3, -0.25) is 4.79 Å². The number of nitrogens with one attached hydrogen (secondary N) is 1. The highest BCUT2D eigenvalue weighted by atomic mass is 16.3. The van der Waals surface area contributed by atoms with E-state index in [1.165, 1.54) is 77.0 Å². The summed E-state index contributed by atoms with van der Waals surface area (Å²) in [5.74, 6) is -0.0481. The zero-order valence-electron chi connectivity index (χ0n) is 30.1. The SMILES string of the molecule is CC/C=C\C/C=C\C/C=C\C/C=C\C/C=C\C/C=C\CCCCCCCCCCCCC(=O)NC(CO)C(O)CCCCCCC. The van der Waals surface area contributed by atoms with Gasteiger partial charge in [0.1, 0.15) is 0 Å². The summed E-state index contributed by atoms with van der Waals surface area (Å²) in [6, 6.07) is -0.538. The summed E-state index contributed by atoms with van der Waals surface area (Å²) in [6.45, 7) is 4.14. The molecule has 1 amide bonds. The number of carbonyl (C=O) groups excluding carboxylic acids is 1. The molecule has 0 aliphatic rings. The second-order valence-electron chi connectivity index (χ2n) is 12.6. The van der Waals surface area contributed by atoms with Crippen LogP contribution in [0.5, 0.6) is 0 Å². The average Bonchev–Trinajstić information content (AvgIpc) is 3.06. The van der Waals surface area contributed by atoms with Gasteiger partial charge >= 0.3 is 0 Å². The molecule has 2 unspecified atom stereocenters. The lowest BCUT2D eigenvalue weighted by Crippen LogP contribution is -2.45. The Balaban J connectivity index is 3.53. The van der Waals surface area contributed by atoms with Crippen molar-refractivity contribution < 1.29 is 15.0 Å². The van der Waals surface area contributed by atoms with Crippen molar-refractivity contribution in [3.63, 3.8) is 0 Å². The molecule has 0 aromatic heterocycles. The lowest BCUT2D eigenvalue weighted by molar-refractivity contribution is -0.123. The topological polar surface area (TPSA) is 69.6 Å². The van der Waals surface area contributed by atoms with E-state index in [1.807, 2.05) is 0 Å². The summed E-state index contributed by atoms with van der Waals surface area (Å²) in [7, 11) is 0. The number of unbranched alkanes of at least 4 members (excludes halogenated alkanes) is 14. The van der Waals surface area contributed by atoms with Gasteiger partial charge in [0.15, 0.2) is 0 Å². The Morgan fingerprint density at radius 3 is 1.43 bits per heavy atom. The van der Waals surface area contributed by atoms with Gasteiger partial charge in [0.25, 0.3) is 0 Å². The molecule has 3 N–H and O–H groups in total. The van der Waals surface area contributed by atoms with Crippen molar-refractivity contribution in [1.82, 2.24) is 5.32 Å². The molecule has 0 aromatic carbocycles. The van der Waals surface area contributed by atoms with Gasteiger partial charge in [0.2, 0.25) is 5.91 Å². The van der Waals surface area contributed by atoms with Crippen molar-refractivity contribution in [2.24, 2.45) is 0 Å². The minimum absolute atomic E-state index is 0.0481. The lowest BCUT2D eigenvalue weighted by Gasteiger charge is -2.22. The predicted octanol–water partition coefficient (Wildman–Crippen LogP) is 11.6. The van der Waals surface area contributed by atoms with Gasteiger partial charge in [0, 0.05) is 6.42 Å². The first-order chi connectivity index (χ1) is 22.7. The quantitative estimate of drug-likeness (QED) is 0.0494. The molecule has 0 bridgehead atoms. The standard InChI is InChI=1S/C42H73NO3/c1-3-5-7-9-10-11-12-13-14-15-16-17-18-19-20-21-22-23-24-25-26-27-28-29-30-31-32-34-36-38-42(46)43-40(39-44)41(45)37-35-33-8-6-4-2/h5,7,10-11,13-14,16-17,19-20,22-23,40-41,44-45H,3-4,6,8-9,12,15,18,21,24-39H2,1-2H3,(H,43,46)/b7-5-,11-10-,14-13-,17-16-,20-19-,23-22-. The molecule has 0 aromatic rings. The van der Waals surface area contributed by atoms with Crippen LogP contribution in [0.1, 0.15) is 168 Å². The summed E-state index contributed by atoms with van der Waals surface area (Å²) < 4.78 is 0. The van der Waals surface area contributed by atoms with Crippen molar-refractivity contribution in [3.8, 4) is 0 Å². The van der Waals surface area contributed by atoms with E-state index in [0.29, 0.717) is 12.8 Å². The number of carbonyl (C=O) groups is 1. The number of aliphatic hydroxyl groups is 2. The fraction of sp³-hybridized carbons (Fsp3) is 0.690. The highest BCUT2D eigenvalue weighted by Crippen LogP contribution is 2.13. The van der Waals surface area contributed by atoms with E-state index >= 15 is 0 Å². The van der Waals surface area contributed by atoms with Gasteiger partial charge in [-0.25, -0.2) is 0 Å². The van der Waals surface area contributed by atoms with E-state index in [1.54, 1.807) is 0 Å². The predicted molar refractivity (Wildman–Crippen MR) is 202 cm³/mol. The molecule has 0 aliphatic heterocycles. The van der Waals surface area contributed by atoms with Crippen LogP contribution in [-0.2, 0) is 4.79 Å². The lowest BCUT2D eigenvalue weighted by atomic mass is 10.0. The fourth-order valence-electron chi connectivity index (χ4n) is 5.30. The largest absolute Gasteiger partial charge is 0.394 e. The van der Waals surface area contributed by atoms with Gasteiger partial charge in [-0.1, -0.05) is 170 Å². The molecule has 0 rings (SSSR count). The second-order valence-corrected chi connectivity index (χ2v) is 12.6. The van der Waals surface area contributed by atoms with E-state index in [2.05, 4.69) is 92.1 Å². The Morgan fingerprint density at radius 2 is 0.957 bits per heavy atom. The molecule has 0 radical (unpaired) electrons. The van der Waals surface area contributed by atoms with Crippen LogP contribution in [-0.4, -0.2) is 34.9 Å². The smallest absolute Gasteiger partial charge is 0.220 e. The van der Waals surface area contributed by atoms with Crippen LogP contribution in [0.3, 0.4) is 0 Å². The molecule has 2 atom stereocenters. The first kappa shape index (κ1) is 43.8. The Hall–Kier alpha value is -2.17. The molecule has 264 valence electrons. The van der Waals surface area contributed by atoms with Crippen molar-refractivity contribution in [2.75, 3.05) is 6.61 Å². The number of amides is 1. The molecule has 0 heterocycles. The van der Waals surface area contributed by atoms with Crippen molar-refractivity contribution in [1.29, 1.82) is 0 Å². The third-order valence-electron chi connectivity index (χ3n) is 8.23. The fourth-order valence-corrected chi connectivity index (χ4v) is 5.30. The van der Waals surface area contributed by atoms with Crippen LogP contribution < -0.4 is 5.32 Å². The van der Waals surface area contributed by atoms with Crippen LogP contribution >= 0.6 is 0 Å². The van der Waals surface area contributed by atoms with Gasteiger partial charge < -0.3 is 15.5 Å². The third kappa shape index (κ3) is 33.2. The summed E-state index contributed by atoms with van der Waals surface area (Å²) in [4.78, 5) is 12.2. The average molecular weight is 640 g/mol. The third-order valence-corrected chi connectivity index (χ3v) is 8.23. The molecule has 46 heavy (non-hydrogen) atoms. The van der Waals surface area contributed by atoms with E-state index in [9.17, 15) is 15.0 Å². The molecule has 0 spiro atoms. The van der Waals surface area contributed by atoms with Crippen LogP contribution in [0.4, 0.5) is 0 Å². The number of allylic oxidation sites excluding steroid dienone is 12. The highest BCUT2D eigenvalue weighted by Gasteiger charge is 2.19. The summed E-state index contributed by atoms with van der Waals surface area (Å²) in [6.07, 6.45) is 52.8. The molecule has 0 aliphatic carbocycles. The molecule has 0 fully saturated rings. The van der Waals surface area contributed by atoms with Gasteiger partial charge in [0.05, 0.1) is 18.8 Å². The maximum absolute atomic E-state index is 12.2. The van der Waals surface area contributed by atoms with Crippen molar-refractivity contribution in [3.05, 3.63) is 72.9 Å². The van der Waals surface area contributed by atoms with Crippen molar-refractivity contribution in [2.45, 2.75) is 180 Å². The van der Waals surface area contributed by atoms with Gasteiger partial charge in [-0.05, 0) is 64.2 Å². The maximum atomic E-state index is 12.2. The Morgan fingerprint density at radius 1 is 0.543 bits per heavy atom. The number of hydrogen-bond donors (Lipinski definition) is 3. The van der Waals surface area contributed by atoms with Crippen LogP contribution in [0.15, 0.2) is 72.9 Å². The normalized spacial score (nSPS) is 13.9. The second kappa shape index (κ2) is 37.3. The first-order valence-electron chi connectivity index (χ1n) is 19.1. The molecular formula is C42H73NO3. The zero-order chi connectivity index (χ0) is 33.6. The van der Waals surface area contributed by atoms with E-state index < -0.39 is 12.1 Å². The van der Waals surface area contributed by atoms with Gasteiger partial charge in [-0.2, -0.15) is 0 Å². The monoisotopic (exact) mass is 640 g/mol. The summed E-state index contributed by atoms with van der Waals surface area (Å²) >= 11 is 0. The van der Waals surface area contributed by atoms with E-state index in [0.717, 1.165) is 64.2 Å².